The zero-order valence-electron chi connectivity index (χ0n) is 8.89. The molecule has 0 radical (unpaired) electrons. The lowest BCUT2D eigenvalue weighted by molar-refractivity contribution is 0.716. The van der Waals surface area contributed by atoms with E-state index in [0.29, 0.717) is 5.02 Å². The molecule has 5 nitrogen and oxygen atoms in total. The van der Waals surface area contributed by atoms with E-state index in [-0.39, 0.29) is 0 Å². The van der Waals surface area contributed by atoms with Crippen LogP contribution >= 0.6 is 11.6 Å². The van der Waals surface area contributed by atoms with Crippen molar-refractivity contribution >= 4 is 11.6 Å². The maximum absolute atomic E-state index is 5.83. The Balaban J connectivity index is 2.26. The van der Waals surface area contributed by atoms with E-state index in [0.717, 1.165) is 24.5 Å². The smallest absolute Gasteiger partial charge is 0.157 e. The Bertz CT molecular complexity index is 450. The van der Waals surface area contributed by atoms with Gasteiger partial charge in [-0.15, -0.1) is 5.10 Å². The molecule has 1 heterocycles. The first kappa shape index (κ1) is 11.0. The number of halogens is 1. The minimum atomic E-state index is 0.702. The largest absolute Gasteiger partial charge is 0.319 e. The molecule has 2 aromatic rings. The van der Waals surface area contributed by atoms with Gasteiger partial charge in [0.1, 0.15) is 0 Å². The predicted molar refractivity (Wildman–Crippen MR) is 61.8 cm³/mol. The third-order valence-electron chi connectivity index (χ3n) is 2.20. The summed E-state index contributed by atoms with van der Waals surface area (Å²) in [5.41, 5.74) is 0.917. The van der Waals surface area contributed by atoms with Gasteiger partial charge in [-0.3, -0.25) is 0 Å². The van der Waals surface area contributed by atoms with Gasteiger partial charge >= 0.3 is 0 Å². The lowest BCUT2D eigenvalue weighted by atomic mass is 10.3. The van der Waals surface area contributed by atoms with Gasteiger partial charge in [0.2, 0.25) is 0 Å². The van der Waals surface area contributed by atoms with Crippen molar-refractivity contribution in [3.63, 3.8) is 0 Å². The summed E-state index contributed by atoms with van der Waals surface area (Å²) in [5, 5.41) is 15.4. The number of nitrogens with one attached hydrogen (secondary N) is 1. The first-order valence-electron chi connectivity index (χ1n) is 4.99. The molecule has 0 fully saturated rings. The average Bonchev–Trinajstić information content (AvgIpc) is 2.75. The first-order chi connectivity index (χ1) is 7.81. The Morgan fingerprint density at radius 2 is 2.06 bits per heavy atom. The second-order valence-corrected chi connectivity index (χ2v) is 3.77. The van der Waals surface area contributed by atoms with E-state index >= 15 is 0 Å². The zero-order chi connectivity index (χ0) is 11.4. The minimum absolute atomic E-state index is 0.702. The molecule has 1 aromatic carbocycles. The van der Waals surface area contributed by atoms with Crippen LogP contribution in [-0.2, 0) is 6.42 Å². The molecule has 0 aliphatic rings. The Morgan fingerprint density at radius 1 is 1.31 bits per heavy atom. The van der Waals surface area contributed by atoms with E-state index < -0.39 is 0 Å². The number of hydrogen-bond acceptors (Lipinski definition) is 4. The van der Waals surface area contributed by atoms with Gasteiger partial charge in [-0.25, -0.2) is 0 Å². The van der Waals surface area contributed by atoms with Crippen LogP contribution in [0.5, 0.6) is 0 Å². The van der Waals surface area contributed by atoms with Crippen LogP contribution in [0.3, 0.4) is 0 Å². The number of benzene rings is 1. The highest BCUT2D eigenvalue weighted by Gasteiger charge is 2.06. The van der Waals surface area contributed by atoms with E-state index in [1.54, 1.807) is 4.68 Å². The van der Waals surface area contributed by atoms with Crippen LogP contribution in [0.2, 0.25) is 5.02 Å². The molecule has 16 heavy (non-hydrogen) atoms. The number of hydrogen-bond donors (Lipinski definition) is 1. The van der Waals surface area contributed by atoms with Crippen LogP contribution in [0.4, 0.5) is 0 Å². The van der Waals surface area contributed by atoms with Crippen molar-refractivity contribution < 1.29 is 0 Å². The van der Waals surface area contributed by atoms with Gasteiger partial charge in [0, 0.05) is 18.0 Å². The van der Waals surface area contributed by atoms with Crippen LogP contribution in [-0.4, -0.2) is 33.8 Å². The summed E-state index contributed by atoms with van der Waals surface area (Å²) >= 11 is 5.83. The SMILES string of the molecule is CNCCc1nnnn1-c1ccc(Cl)cc1. The van der Waals surface area contributed by atoms with Crippen LogP contribution in [0.15, 0.2) is 24.3 Å². The molecular weight excluding hydrogens is 226 g/mol. The molecule has 0 amide bonds. The van der Waals surface area contributed by atoms with E-state index in [4.69, 9.17) is 11.6 Å². The van der Waals surface area contributed by atoms with Crippen molar-refractivity contribution in [3.8, 4) is 5.69 Å². The monoisotopic (exact) mass is 237 g/mol. The van der Waals surface area contributed by atoms with Crippen LogP contribution in [0, 0.1) is 0 Å². The molecule has 0 bridgehead atoms. The van der Waals surface area contributed by atoms with Gasteiger partial charge in [0.25, 0.3) is 0 Å². The van der Waals surface area contributed by atoms with Crippen LogP contribution in [0.1, 0.15) is 5.82 Å². The molecule has 0 spiro atoms. The first-order valence-corrected chi connectivity index (χ1v) is 5.37. The fraction of sp³-hybridized carbons (Fsp3) is 0.300. The minimum Gasteiger partial charge on any atom is -0.319 e. The number of tetrazole rings is 1. The van der Waals surface area contributed by atoms with Gasteiger partial charge < -0.3 is 5.32 Å². The number of rotatable bonds is 4. The zero-order valence-corrected chi connectivity index (χ0v) is 9.65. The highest BCUT2D eigenvalue weighted by atomic mass is 35.5. The summed E-state index contributed by atoms with van der Waals surface area (Å²) in [6.45, 7) is 0.841. The molecule has 6 heteroatoms. The summed E-state index contributed by atoms with van der Waals surface area (Å²) in [4.78, 5) is 0. The summed E-state index contributed by atoms with van der Waals surface area (Å²) < 4.78 is 1.72. The molecule has 0 aliphatic carbocycles. The molecule has 1 N–H and O–H groups in total. The highest BCUT2D eigenvalue weighted by molar-refractivity contribution is 6.30. The molecule has 2 rings (SSSR count). The fourth-order valence-corrected chi connectivity index (χ4v) is 1.51. The van der Waals surface area contributed by atoms with Gasteiger partial charge in [-0.05, 0) is 41.7 Å². The molecule has 0 saturated heterocycles. The fourth-order valence-electron chi connectivity index (χ4n) is 1.38. The van der Waals surface area contributed by atoms with Crippen LogP contribution in [0.25, 0.3) is 5.69 Å². The van der Waals surface area contributed by atoms with E-state index in [2.05, 4.69) is 20.8 Å². The second-order valence-electron chi connectivity index (χ2n) is 3.34. The van der Waals surface area contributed by atoms with Gasteiger partial charge in [0.15, 0.2) is 5.82 Å². The topological polar surface area (TPSA) is 55.6 Å². The third-order valence-corrected chi connectivity index (χ3v) is 2.46. The number of likely N-dealkylation sites (N-methyl/N-ethyl adjacent to an activating group) is 1. The average molecular weight is 238 g/mol. The second kappa shape index (κ2) is 5.05. The Hall–Kier alpha value is -1.46. The molecule has 1 aromatic heterocycles. The molecule has 84 valence electrons. The molecule has 0 atom stereocenters. The van der Waals surface area contributed by atoms with Crippen molar-refractivity contribution in [3.05, 3.63) is 35.1 Å². The van der Waals surface area contributed by atoms with Crippen LogP contribution < -0.4 is 5.32 Å². The Kier molecular flexibility index (Phi) is 3.48. The number of aromatic nitrogens is 4. The maximum Gasteiger partial charge on any atom is 0.157 e. The standard InChI is InChI=1S/C10H12ClN5/c1-12-7-6-10-13-14-15-16(10)9-4-2-8(11)3-5-9/h2-5,12H,6-7H2,1H3. The predicted octanol–water partition coefficient (Wildman–Crippen LogP) is 1.08. The Morgan fingerprint density at radius 3 is 2.75 bits per heavy atom. The molecule has 0 unspecified atom stereocenters. The van der Waals surface area contributed by atoms with E-state index in [1.807, 2.05) is 31.3 Å². The maximum atomic E-state index is 5.83. The Labute approximate surface area is 98.4 Å². The lowest BCUT2D eigenvalue weighted by Crippen LogP contribution is -2.14. The quantitative estimate of drug-likeness (QED) is 0.865. The summed E-state index contributed by atoms with van der Waals surface area (Å²) in [6.07, 6.45) is 0.784. The summed E-state index contributed by atoms with van der Waals surface area (Å²) in [5.74, 6) is 0.830. The molecule has 0 aliphatic heterocycles. The molecule has 0 saturated carbocycles. The van der Waals surface area contributed by atoms with Crippen molar-refractivity contribution in [2.45, 2.75) is 6.42 Å². The van der Waals surface area contributed by atoms with Gasteiger partial charge in [0.05, 0.1) is 5.69 Å². The highest BCUT2D eigenvalue weighted by Crippen LogP contribution is 2.13. The normalized spacial score (nSPS) is 10.6. The van der Waals surface area contributed by atoms with Crippen molar-refractivity contribution in [1.29, 1.82) is 0 Å². The molecular formula is C10H12ClN5. The van der Waals surface area contributed by atoms with Crippen molar-refractivity contribution in [1.82, 2.24) is 25.5 Å². The van der Waals surface area contributed by atoms with E-state index in [9.17, 15) is 0 Å². The lowest BCUT2D eigenvalue weighted by Gasteiger charge is -2.03. The van der Waals surface area contributed by atoms with E-state index in [1.165, 1.54) is 0 Å². The number of nitrogens with zero attached hydrogens (tertiary/aromatic N) is 4. The van der Waals surface area contributed by atoms with Crippen molar-refractivity contribution in [2.75, 3.05) is 13.6 Å². The summed E-state index contributed by atoms with van der Waals surface area (Å²) in [7, 11) is 1.90. The van der Waals surface area contributed by atoms with Gasteiger partial charge in [-0.1, -0.05) is 11.6 Å². The van der Waals surface area contributed by atoms with Crippen molar-refractivity contribution in [2.24, 2.45) is 0 Å². The third kappa shape index (κ3) is 2.37. The summed E-state index contributed by atoms with van der Waals surface area (Å²) in [6, 6.07) is 7.42. The van der Waals surface area contributed by atoms with Gasteiger partial charge in [-0.2, -0.15) is 4.68 Å².